The maximum atomic E-state index is 5.91. The third-order valence-corrected chi connectivity index (χ3v) is 4.06. The number of benzene rings is 1. The number of nitrogens with zero attached hydrogens (tertiary/aromatic N) is 1. The zero-order valence-corrected chi connectivity index (χ0v) is 11.9. The standard InChI is InChI=1S/C16H25N3/c1-2-12-18-15(17)19-13-16(10-6-7-11-16)14-8-4-3-5-9-14/h3-5,8-9H,2,6-7,10-13H2,1H3,(H3,17,18,19). The van der Waals surface area contributed by atoms with E-state index in [4.69, 9.17) is 5.73 Å². The molecule has 0 atom stereocenters. The van der Waals surface area contributed by atoms with Gasteiger partial charge in [0, 0.05) is 12.0 Å². The Balaban J connectivity index is 2.09. The van der Waals surface area contributed by atoms with E-state index in [-0.39, 0.29) is 5.41 Å². The topological polar surface area (TPSA) is 50.4 Å². The number of hydrogen-bond acceptors (Lipinski definition) is 1. The van der Waals surface area contributed by atoms with E-state index in [1.165, 1.54) is 31.2 Å². The monoisotopic (exact) mass is 259 g/mol. The molecule has 0 spiro atoms. The average Bonchev–Trinajstić information content (AvgIpc) is 2.94. The molecule has 0 aromatic heterocycles. The predicted octanol–water partition coefficient (Wildman–Crippen LogP) is 2.81. The molecular formula is C16H25N3. The summed E-state index contributed by atoms with van der Waals surface area (Å²) < 4.78 is 0. The van der Waals surface area contributed by atoms with Crippen molar-refractivity contribution in [3.63, 3.8) is 0 Å². The van der Waals surface area contributed by atoms with Crippen molar-refractivity contribution in [1.29, 1.82) is 0 Å². The molecule has 3 N–H and O–H groups in total. The Morgan fingerprint density at radius 3 is 2.58 bits per heavy atom. The third kappa shape index (κ3) is 3.49. The van der Waals surface area contributed by atoms with Gasteiger partial charge in [0.1, 0.15) is 0 Å². The molecule has 1 fully saturated rings. The van der Waals surface area contributed by atoms with Gasteiger partial charge in [0.2, 0.25) is 0 Å². The van der Waals surface area contributed by atoms with Crippen molar-refractivity contribution in [2.75, 3.05) is 13.1 Å². The minimum Gasteiger partial charge on any atom is -0.370 e. The highest BCUT2D eigenvalue weighted by atomic mass is 15.1. The molecule has 3 heteroatoms. The van der Waals surface area contributed by atoms with Crippen molar-refractivity contribution in [2.45, 2.75) is 44.4 Å². The van der Waals surface area contributed by atoms with Gasteiger partial charge < -0.3 is 11.1 Å². The van der Waals surface area contributed by atoms with E-state index in [1.54, 1.807) is 0 Å². The van der Waals surface area contributed by atoms with Crippen molar-refractivity contribution in [1.82, 2.24) is 5.32 Å². The Kier molecular flexibility index (Phi) is 4.83. The number of guanidine groups is 1. The van der Waals surface area contributed by atoms with Gasteiger partial charge in [-0.25, -0.2) is 0 Å². The lowest BCUT2D eigenvalue weighted by atomic mass is 9.79. The Labute approximate surface area is 116 Å². The molecule has 1 aliphatic rings. The van der Waals surface area contributed by atoms with Gasteiger partial charge in [-0.1, -0.05) is 50.1 Å². The zero-order valence-electron chi connectivity index (χ0n) is 11.9. The minimum atomic E-state index is 0.208. The fourth-order valence-corrected chi connectivity index (χ4v) is 2.93. The molecule has 19 heavy (non-hydrogen) atoms. The first-order chi connectivity index (χ1) is 9.27. The molecule has 0 bridgehead atoms. The van der Waals surface area contributed by atoms with Crippen molar-refractivity contribution in [2.24, 2.45) is 10.7 Å². The first-order valence-electron chi connectivity index (χ1n) is 7.36. The van der Waals surface area contributed by atoms with Gasteiger partial charge in [-0.15, -0.1) is 0 Å². The van der Waals surface area contributed by atoms with Crippen LogP contribution in [0.3, 0.4) is 0 Å². The fourth-order valence-electron chi connectivity index (χ4n) is 2.93. The highest BCUT2D eigenvalue weighted by Gasteiger charge is 2.35. The molecule has 0 heterocycles. The Morgan fingerprint density at radius 2 is 1.95 bits per heavy atom. The van der Waals surface area contributed by atoms with Gasteiger partial charge in [-0.2, -0.15) is 0 Å². The number of aliphatic imine (C=N–C) groups is 1. The molecule has 0 amide bonds. The van der Waals surface area contributed by atoms with Crippen LogP contribution in [0.1, 0.15) is 44.6 Å². The summed E-state index contributed by atoms with van der Waals surface area (Å²) >= 11 is 0. The summed E-state index contributed by atoms with van der Waals surface area (Å²) in [6.45, 7) is 3.83. The Morgan fingerprint density at radius 1 is 1.26 bits per heavy atom. The zero-order chi connectivity index (χ0) is 13.6. The van der Waals surface area contributed by atoms with Gasteiger partial charge in [0.25, 0.3) is 0 Å². The lowest BCUT2D eigenvalue weighted by molar-refractivity contribution is 0.453. The second-order valence-corrected chi connectivity index (χ2v) is 5.48. The van der Waals surface area contributed by atoms with Gasteiger partial charge in [0.15, 0.2) is 5.96 Å². The van der Waals surface area contributed by atoms with Crippen LogP contribution in [-0.2, 0) is 5.41 Å². The number of nitrogens with two attached hydrogens (primary N) is 1. The van der Waals surface area contributed by atoms with Crippen LogP contribution in [0.5, 0.6) is 0 Å². The van der Waals surface area contributed by atoms with Gasteiger partial charge in [-0.3, -0.25) is 4.99 Å². The molecule has 0 saturated heterocycles. The summed E-state index contributed by atoms with van der Waals surface area (Å²) in [6, 6.07) is 10.8. The third-order valence-electron chi connectivity index (χ3n) is 4.06. The van der Waals surface area contributed by atoms with Crippen molar-refractivity contribution >= 4 is 5.96 Å². The molecular weight excluding hydrogens is 234 g/mol. The predicted molar refractivity (Wildman–Crippen MR) is 81.4 cm³/mol. The Hall–Kier alpha value is -1.51. The van der Waals surface area contributed by atoms with Gasteiger partial charge in [-0.05, 0) is 24.8 Å². The maximum absolute atomic E-state index is 5.91. The largest absolute Gasteiger partial charge is 0.370 e. The number of rotatable bonds is 5. The molecule has 1 aliphatic carbocycles. The lowest BCUT2D eigenvalue weighted by Gasteiger charge is -2.28. The number of hydrogen-bond donors (Lipinski definition) is 2. The second kappa shape index (κ2) is 6.60. The van der Waals surface area contributed by atoms with Crippen molar-refractivity contribution < 1.29 is 0 Å². The highest BCUT2D eigenvalue weighted by Crippen LogP contribution is 2.41. The second-order valence-electron chi connectivity index (χ2n) is 5.48. The van der Waals surface area contributed by atoms with Gasteiger partial charge >= 0.3 is 0 Å². The summed E-state index contributed by atoms with van der Waals surface area (Å²) in [5.41, 5.74) is 7.54. The molecule has 0 aliphatic heterocycles. The van der Waals surface area contributed by atoms with Crippen LogP contribution in [0, 0.1) is 0 Å². The summed E-state index contributed by atoms with van der Waals surface area (Å²) in [7, 11) is 0. The summed E-state index contributed by atoms with van der Waals surface area (Å²) in [4.78, 5) is 4.58. The average molecular weight is 259 g/mol. The number of nitrogens with one attached hydrogen (secondary N) is 1. The van der Waals surface area contributed by atoms with E-state index in [9.17, 15) is 0 Å². The highest BCUT2D eigenvalue weighted by molar-refractivity contribution is 5.77. The maximum Gasteiger partial charge on any atom is 0.188 e. The van der Waals surface area contributed by atoms with Crippen LogP contribution >= 0.6 is 0 Å². The normalized spacial score (nSPS) is 18.5. The SMILES string of the molecule is CCCNC(N)=NCC1(c2ccccc2)CCCC1. The molecule has 1 aromatic rings. The molecule has 1 saturated carbocycles. The minimum absolute atomic E-state index is 0.208. The van der Waals surface area contributed by atoms with E-state index >= 15 is 0 Å². The summed E-state index contributed by atoms with van der Waals surface area (Å²) in [5, 5.41) is 3.15. The lowest BCUT2D eigenvalue weighted by Crippen LogP contribution is -2.35. The molecule has 3 nitrogen and oxygen atoms in total. The summed E-state index contributed by atoms with van der Waals surface area (Å²) in [5.74, 6) is 0.587. The van der Waals surface area contributed by atoms with E-state index in [2.05, 4.69) is 47.6 Å². The van der Waals surface area contributed by atoms with E-state index in [1.807, 2.05) is 0 Å². The fraction of sp³-hybridized carbons (Fsp3) is 0.562. The molecule has 104 valence electrons. The first-order valence-corrected chi connectivity index (χ1v) is 7.36. The van der Waals surface area contributed by atoms with Crippen LogP contribution in [0.2, 0.25) is 0 Å². The Bertz CT molecular complexity index is 405. The van der Waals surface area contributed by atoms with Crippen LogP contribution in [0.25, 0.3) is 0 Å². The smallest absolute Gasteiger partial charge is 0.188 e. The first kappa shape index (κ1) is 13.9. The van der Waals surface area contributed by atoms with Crippen LogP contribution < -0.4 is 11.1 Å². The van der Waals surface area contributed by atoms with Crippen LogP contribution in [0.4, 0.5) is 0 Å². The van der Waals surface area contributed by atoms with Gasteiger partial charge in [0.05, 0.1) is 6.54 Å². The molecule has 2 rings (SSSR count). The van der Waals surface area contributed by atoms with Crippen molar-refractivity contribution in [3.05, 3.63) is 35.9 Å². The van der Waals surface area contributed by atoms with E-state index in [0.717, 1.165) is 19.5 Å². The molecule has 0 radical (unpaired) electrons. The van der Waals surface area contributed by atoms with Crippen LogP contribution in [0.15, 0.2) is 35.3 Å². The molecule has 1 aromatic carbocycles. The van der Waals surface area contributed by atoms with Crippen LogP contribution in [-0.4, -0.2) is 19.0 Å². The van der Waals surface area contributed by atoms with E-state index < -0.39 is 0 Å². The molecule has 0 unspecified atom stereocenters. The van der Waals surface area contributed by atoms with E-state index in [0.29, 0.717) is 5.96 Å². The summed E-state index contributed by atoms with van der Waals surface area (Å²) in [6.07, 6.45) is 6.11. The van der Waals surface area contributed by atoms with Crippen molar-refractivity contribution in [3.8, 4) is 0 Å². The quantitative estimate of drug-likeness (QED) is 0.631.